The Bertz CT molecular complexity index is 897. The zero-order chi connectivity index (χ0) is 15.6. The Morgan fingerprint density at radius 1 is 1.09 bits per heavy atom. The van der Waals surface area contributed by atoms with Crippen LogP contribution >= 0.6 is 15.9 Å². The first-order valence-corrected chi connectivity index (χ1v) is 8.29. The fraction of sp³-hybridized carbons (Fsp3) is 0. The smallest absolute Gasteiger partial charge is 0.340 e. The summed E-state index contributed by atoms with van der Waals surface area (Å²) in [6.45, 7) is 0. The fourth-order valence-corrected chi connectivity index (χ4v) is 3.65. The number of hydrogen-bond acceptors (Lipinski definition) is 6. The molecule has 7 nitrogen and oxygen atoms in total. The molecule has 0 aliphatic carbocycles. The van der Waals surface area contributed by atoms with Crippen LogP contribution in [0, 0.1) is 0 Å². The highest BCUT2D eigenvalue weighted by atomic mass is 79.9. The third kappa shape index (κ3) is 3.00. The van der Waals surface area contributed by atoms with Gasteiger partial charge in [0.1, 0.15) is 17.0 Å². The molecule has 0 aliphatic heterocycles. The lowest BCUT2D eigenvalue weighted by atomic mass is 10.3. The van der Waals surface area contributed by atoms with E-state index in [2.05, 4.69) is 31.5 Å². The molecule has 0 bridgehead atoms. The molecular weight excluding hydrogens is 372 g/mol. The van der Waals surface area contributed by atoms with Gasteiger partial charge in [-0.2, -0.15) is 8.42 Å². The molecule has 3 rings (SSSR count). The summed E-state index contributed by atoms with van der Waals surface area (Å²) in [4.78, 5) is 0.0582. The third-order valence-electron chi connectivity index (χ3n) is 2.74. The lowest BCUT2D eigenvalue weighted by Crippen LogP contribution is -2.10. The maximum atomic E-state index is 12.3. The van der Waals surface area contributed by atoms with Crippen molar-refractivity contribution in [3.05, 3.63) is 59.3 Å². The number of rotatable bonds is 4. The van der Waals surface area contributed by atoms with E-state index in [9.17, 15) is 8.42 Å². The third-order valence-corrected chi connectivity index (χ3v) is 5.00. The molecule has 0 amide bonds. The van der Waals surface area contributed by atoms with Gasteiger partial charge in [0.05, 0.1) is 5.69 Å². The molecule has 0 N–H and O–H groups in total. The minimum atomic E-state index is -3.94. The van der Waals surface area contributed by atoms with Crippen molar-refractivity contribution in [2.75, 3.05) is 0 Å². The Kier molecular flexibility index (Phi) is 3.90. The first-order valence-electron chi connectivity index (χ1n) is 6.09. The summed E-state index contributed by atoms with van der Waals surface area (Å²) < 4.78 is 31.6. The van der Waals surface area contributed by atoms with Crippen molar-refractivity contribution in [2.45, 2.75) is 4.90 Å². The van der Waals surface area contributed by atoms with Crippen LogP contribution in [0.3, 0.4) is 0 Å². The van der Waals surface area contributed by atoms with E-state index in [1.807, 2.05) is 0 Å². The van der Waals surface area contributed by atoms with Gasteiger partial charge >= 0.3 is 10.1 Å². The number of aromatic nitrogens is 4. The summed E-state index contributed by atoms with van der Waals surface area (Å²) in [5, 5.41) is 10.8. The number of hydrogen-bond donors (Lipinski definition) is 0. The van der Waals surface area contributed by atoms with E-state index in [1.54, 1.807) is 36.4 Å². The van der Waals surface area contributed by atoms with Gasteiger partial charge in [0, 0.05) is 10.5 Å². The fourth-order valence-electron chi connectivity index (χ4n) is 1.78. The maximum Gasteiger partial charge on any atom is 0.340 e. The molecule has 0 spiro atoms. The van der Waals surface area contributed by atoms with Crippen LogP contribution in [0.1, 0.15) is 0 Å². The van der Waals surface area contributed by atoms with E-state index in [4.69, 9.17) is 4.18 Å². The molecule has 22 heavy (non-hydrogen) atoms. The Hall–Kier alpha value is -2.26. The average molecular weight is 381 g/mol. The van der Waals surface area contributed by atoms with E-state index in [-0.39, 0.29) is 10.6 Å². The Morgan fingerprint density at radius 2 is 1.91 bits per heavy atom. The minimum Gasteiger partial charge on any atom is -0.379 e. The first kappa shape index (κ1) is 14.7. The molecule has 0 unspecified atom stereocenters. The van der Waals surface area contributed by atoms with Crippen molar-refractivity contribution in [3.63, 3.8) is 0 Å². The maximum absolute atomic E-state index is 12.3. The molecule has 1 aromatic heterocycles. The molecule has 112 valence electrons. The monoisotopic (exact) mass is 380 g/mol. The number of benzene rings is 2. The number of nitrogens with zero attached hydrogens (tertiary/aromatic N) is 4. The van der Waals surface area contributed by atoms with Gasteiger partial charge in [0.2, 0.25) is 0 Å². The number of halogens is 1. The molecule has 2 aromatic carbocycles. The zero-order valence-electron chi connectivity index (χ0n) is 11.0. The van der Waals surface area contributed by atoms with Gasteiger partial charge in [-0.1, -0.05) is 18.2 Å². The second-order valence-corrected chi connectivity index (χ2v) is 6.59. The quantitative estimate of drug-likeness (QED) is 0.644. The normalized spacial score (nSPS) is 11.3. The van der Waals surface area contributed by atoms with Crippen LogP contribution in [-0.2, 0) is 10.1 Å². The Balaban J connectivity index is 1.93. The van der Waals surface area contributed by atoms with E-state index in [0.717, 1.165) is 0 Å². The minimum absolute atomic E-state index is 0.0582. The van der Waals surface area contributed by atoms with Crippen molar-refractivity contribution in [1.82, 2.24) is 20.2 Å². The molecule has 0 saturated heterocycles. The van der Waals surface area contributed by atoms with Crippen molar-refractivity contribution in [3.8, 4) is 11.4 Å². The van der Waals surface area contributed by atoms with Gasteiger partial charge in [-0.05, 0) is 50.6 Å². The van der Waals surface area contributed by atoms with E-state index in [0.29, 0.717) is 10.2 Å². The largest absolute Gasteiger partial charge is 0.379 e. The highest BCUT2D eigenvalue weighted by Gasteiger charge is 2.19. The highest BCUT2D eigenvalue weighted by molar-refractivity contribution is 9.10. The lowest BCUT2D eigenvalue weighted by Gasteiger charge is -2.09. The first-order chi connectivity index (χ1) is 10.6. The van der Waals surface area contributed by atoms with Crippen LogP contribution in [0.2, 0.25) is 0 Å². The molecule has 0 saturated carbocycles. The average Bonchev–Trinajstić information content (AvgIpc) is 3.01. The Morgan fingerprint density at radius 3 is 2.64 bits per heavy atom. The van der Waals surface area contributed by atoms with E-state index in [1.165, 1.54) is 23.1 Å². The van der Waals surface area contributed by atoms with Gasteiger partial charge < -0.3 is 4.18 Å². The van der Waals surface area contributed by atoms with E-state index < -0.39 is 10.1 Å². The lowest BCUT2D eigenvalue weighted by molar-refractivity contribution is 0.485. The molecule has 1 heterocycles. The summed E-state index contributed by atoms with van der Waals surface area (Å²) in [5.41, 5.74) is 0.588. The van der Waals surface area contributed by atoms with Gasteiger partial charge in [0.25, 0.3) is 0 Å². The van der Waals surface area contributed by atoms with Crippen LogP contribution in [0.15, 0.2) is 64.2 Å². The standard InChI is InChI=1S/C13H9BrN4O3S/c14-12-6-1-2-7-13(12)22(19,20)21-11-5-3-4-10(8-11)18-9-15-16-17-18/h1-9H. The van der Waals surface area contributed by atoms with Gasteiger partial charge in [-0.15, -0.1) is 5.10 Å². The molecule has 3 aromatic rings. The molecule has 0 atom stereocenters. The van der Waals surface area contributed by atoms with Crippen molar-refractivity contribution >= 4 is 26.0 Å². The molecule has 0 fully saturated rings. The van der Waals surface area contributed by atoms with E-state index >= 15 is 0 Å². The van der Waals surface area contributed by atoms with Gasteiger partial charge in [-0.25, -0.2) is 4.68 Å². The van der Waals surface area contributed by atoms with Gasteiger partial charge in [-0.3, -0.25) is 0 Å². The molecule has 0 aliphatic rings. The summed E-state index contributed by atoms with van der Waals surface area (Å²) in [6, 6.07) is 12.9. The predicted octanol–water partition coefficient (Wildman–Crippen LogP) is 2.19. The van der Waals surface area contributed by atoms with Crippen LogP contribution in [0.4, 0.5) is 0 Å². The highest BCUT2D eigenvalue weighted by Crippen LogP contribution is 2.25. The van der Waals surface area contributed by atoms with Crippen molar-refractivity contribution in [2.24, 2.45) is 0 Å². The van der Waals surface area contributed by atoms with Crippen molar-refractivity contribution in [1.29, 1.82) is 0 Å². The Labute approximate surface area is 134 Å². The van der Waals surface area contributed by atoms with Crippen LogP contribution < -0.4 is 4.18 Å². The number of tetrazole rings is 1. The zero-order valence-corrected chi connectivity index (χ0v) is 13.4. The molecule has 9 heteroatoms. The summed E-state index contributed by atoms with van der Waals surface area (Å²) in [5.74, 6) is 0.170. The predicted molar refractivity (Wildman–Crippen MR) is 81.1 cm³/mol. The summed E-state index contributed by atoms with van der Waals surface area (Å²) in [6.07, 6.45) is 1.40. The summed E-state index contributed by atoms with van der Waals surface area (Å²) in [7, 11) is -3.94. The van der Waals surface area contributed by atoms with Crippen LogP contribution in [0.5, 0.6) is 5.75 Å². The molecule has 0 radical (unpaired) electrons. The second kappa shape index (κ2) is 5.85. The van der Waals surface area contributed by atoms with Crippen molar-refractivity contribution < 1.29 is 12.6 Å². The molecular formula is C13H9BrN4O3S. The topological polar surface area (TPSA) is 87.0 Å². The summed E-state index contributed by atoms with van der Waals surface area (Å²) >= 11 is 3.20. The SMILES string of the molecule is O=S(=O)(Oc1cccc(-n2cnnn2)c1)c1ccccc1Br. The van der Waals surface area contributed by atoms with Gasteiger partial charge in [0.15, 0.2) is 0 Å². The van der Waals surface area contributed by atoms with Crippen LogP contribution in [-0.4, -0.2) is 28.6 Å². The van der Waals surface area contributed by atoms with Crippen LogP contribution in [0.25, 0.3) is 5.69 Å². The second-order valence-electron chi connectivity index (χ2n) is 4.22.